The molecule has 0 radical (unpaired) electrons. The maximum atomic E-state index is 12.7. The fourth-order valence-electron chi connectivity index (χ4n) is 3.38. The van der Waals surface area contributed by atoms with E-state index in [4.69, 9.17) is 4.74 Å². The monoisotopic (exact) mass is 422 g/mol. The minimum atomic E-state index is 0.0917. The normalized spacial score (nSPS) is 14.1. The number of Topliss-reactive ketones (excluding diaryl/α,β-unsaturated/α-hetero) is 1. The van der Waals surface area contributed by atoms with Crippen LogP contribution in [-0.4, -0.2) is 52.6 Å². The van der Waals surface area contributed by atoms with Crippen LogP contribution in [0, 0.1) is 6.92 Å². The van der Waals surface area contributed by atoms with Crippen LogP contribution in [-0.2, 0) is 11.2 Å². The fourth-order valence-corrected chi connectivity index (χ4v) is 4.23. The Labute approximate surface area is 181 Å². The Kier molecular flexibility index (Phi) is 6.50. The van der Waals surface area contributed by atoms with Gasteiger partial charge in [0, 0.05) is 18.7 Å². The van der Waals surface area contributed by atoms with Crippen molar-refractivity contribution in [3.63, 3.8) is 0 Å². The average Bonchev–Trinajstić information content (AvgIpc) is 3.22. The number of aryl methyl sites for hydroxylation is 2. The third kappa shape index (κ3) is 4.57. The number of morpholine rings is 1. The first-order chi connectivity index (χ1) is 14.7. The highest BCUT2D eigenvalue weighted by molar-refractivity contribution is 7.99. The molecule has 1 aliphatic rings. The summed E-state index contributed by atoms with van der Waals surface area (Å²) < 4.78 is 7.53. The summed E-state index contributed by atoms with van der Waals surface area (Å²) in [5.74, 6) is 1.21. The summed E-state index contributed by atoms with van der Waals surface area (Å²) in [6, 6.07) is 16.1. The molecule has 2 aromatic carbocycles. The maximum Gasteiger partial charge on any atom is 0.232 e. The number of carbonyl (C=O) groups is 1. The van der Waals surface area contributed by atoms with Crippen molar-refractivity contribution in [3.05, 3.63) is 65.2 Å². The summed E-state index contributed by atoms with van der Waals surface area (Å²) in [5.41, 5.74) is 4.15. The average molecular weight is 423 g/mol. The third-order valence-electron chi connectivity index (χ3n) is 5.22. The van der Waals surface area contributed by atoms with Crippen molar-refractivity contribution >= 4 is 23.5 Å². The van der Waals surface area contributed by atoms with E-state index in [0.29, 0.717) is 19.0 Å². The number of thioether (sulfide) groups is 1. The number of ketones is 1. The number of anilines is 1. The third-order valence-corrected chi connectivity index (χ3v) is 6.15. The highest BCUT2D eigenvalue weighted by Crippen LogP contribution is 2.28. The Morgan fingerprint density at radius 3 is 2.40 bits per heavy atom. The molecule has 0 amide bonds. The predicted molar refractivity (Wildman–Crippen MR) is 120 cm³/mol. The van der Waals surface area contributed by atoms with Crippen molar-refractivity contribution in [2.45, 2.75) is 25.4 Å². The highest BCUT2D eigenvalue weighted by atomic mass is 32.2. The first-order valence-corrected chi connectivity index (χ1v) is 11.2. The molecular weight excluding hydrogens is 396 g/mol. The standard InChI is InChI=1S/C23H26N4O2S/c1-3-18-6-8-19(9-7-18)21(28)16-30-23-25-24-22(26-12-14-29-15-13-26)27(23)20-10-4-17(2)5-11-20/h4-11H,3,12-16H2,1-2H3. The summed E-state index contributed by atoms with van der Waals surface area (Å²) >= 11 is 1.43. The lowest BCUT2D eigenvalue weighted by Gasteiger charge is -2.27. The van der Waals surface area contributed by atoms with Crippen molar-refractivity contribution in [2.75, 3.05) is 37.0 Å². The minimum Gasteiger partial charge on any atom is -0.378 e. The molecule has 1 fully saturated rings. The van der Waals surface area contributed by atoms with Gasteiger partial charge in [0.25, 0.3) is 0 Å². The van der Waals surface area contributed by atoms with Gasteiger partial charge in [-0.15, -0.1) is 10.2 Å². The second-order valence-corrected chi connectivity index (χ2v) is 8.26. The molecule has 0 atom stereocenters. The zero-order valence-electron chi connectivity index (χ0n) is 17.4. The van der Waals surface area contributed by atoms with Crippen LogP contribution in [0.25, 0.3) is 5.69 Å². The number of rotatable bonds is 7. The van der Waals surface area contributed by atoms with E-state index < -0.39 is 0 Å². The molecular formula is C23H26N4O2S. The van der Waals surface area contributed by atoms with Crippen LogP contribution in [0.1, 0.15) is 28.4 Å². The number of hydrogen-bond acceptors (Lipinski definition) is 6. The van der Waals surface area contributed by atoms with Crippen LogP contribution in [0.15, 0.2) is 53.7 Å². The van der Waals surface area contributed by atoms with Crippen molar-refractivity contribution in [1.29, 1.82) is 0 Å². The van der Waals surface area contributed by atoms with E-state index in [-0.39, 0.29) is 5.78 Å². The summed E-state index contributed by atoms with van der Waals surface area (Å²) in [4.78, 5) is 14.9. The first kappa shape index (κ1) is 20.6. The molecule has 1 saturated heterocycles. The van der Waals surface area contributed by atoms with Crippen molar-refractivity contribution in [2.24, 2.45) is 0 Å². The lowest BCUT2D eigenvalue weighted by Crippen LogP contribution is -2.37. The van der Waals surface area contributed by atoms with Crippen LogP contribution in [0.4, 0.5) is 5.95 Å². The van der Waals surface area contributed by atoms with Gasteiger partial charge in [-0.25, -0.2) is 0 Å². The molecule has 2 heterocycles. The van der Waals surface area contributed by atoms with E-state index in [1.54, 1.807) is 0 Å². The number of aromatic nitrogens is 3. The zero-order valence-corrected chi connectivity index (χ0v) is 18.2. The van der Waals surface area contributed by atoms with E-state index in [0.717, 1.165) is 41.9 Å². The zero-order chi connectivity index (χ0) is 20.9. The van der Waals surface area contributed by atoms with Crippen LogP contribution < -0.4 is 4.90 Å². The Balaban J connectivity index is 1.58. The molecule has 7 heteroatoms. The largest absolute Gasteiger partial charge is 0.378 e. The lowest BCUT2D eigenvalue weighted by atomic mass is 10.1. The van der Waals surface area contributed by atoms with Gasteiger partial charge in [0.1, 0.15) is 0 Å². The quantitative estimate of drug-likeness (QED) is 0.424. The molecule has 156 valence electrons. The van der Waals surface area contributed by atoms with E-state index in [1.807, 2.05) is 28.8 Å². The SMILES string of the molecule is CCc1ccc(C(=O)CSc2nnc(N3CCOCC3)n2-c2ccc(C)cc2)cc1. The van der Waals surface area contributed by atoms with Crippen LogP contribution in [0.5, 0.6) is 0 Å². The number of benzene rings is 2. The van der Waals surface area contributed by atoms with Crippen LogP contribution >= 0.6 is 11.8 Å². The minimum absolute atomic E-state index is 0.0917. The number of hydrogen-bond donors (Lipinski definition) is 0. The van der Waals surface area contributed by atoms with Crippen LogP contribution in [0.2, 0.25) is 0 Å². The molecule has 3 aromatic rings. The molecule has 0 N–H and O–H groups in total. The highest BCUT2D eigenvalue weighted by Gasteiger charge is 2.22. The number of ether oxygens (including phenoxy) is 1. The first-order valence-electron chi connectivity index (χ1n) is 10.3. The number of carbonyl (C=O) groups excluding carboxylic acids is 1. The summed E-state index contributed by atoms with van der Waals surface area (Å²) in [6.07, 6.45) is 0.965. The van der Waals surface area contributed by atoms with Crippen molar-refractivity contribution in [1.82, 2.24) is 14.8 Å². The molecule has 0 saturated carbocycles. The molecule has 0 spiro atoms. The van der Waals surface area contributed by atoms with Gasteiger partial charge in [-0.1, -0.05) is 60.6 Å². The summed E-state index contributed by atoms with van der Waals surface area (Å²) in [6.45, 7) is 7.08. The summed E-state index contributed by atoms with van der Waals surface area (Å²) in [7, 11) is 0. The van der Waals surface area contributed by atoms with Gasteiger partial charge in [-0.3, -0.25) is 9.36 Å². The Hall–Kier alpha value is -2.64. The van der Waals surface area contributed by atoms with Crippen molar-refractivity contribution < 1.29 is 9.53 Å². The van der Waals surface area contributed by atoms with Gasteiger partial charge in [0.15, 0.2) is 10.9 Å². The molecule has 1 aliphatic heterocycles. The fraction of sp³-hybridized carbons (Fsp3) is 0.348. The van der Waals surface area contributed by atoms with Gasteiger partial charge < -0.3 is 9.64 Å². The second-order valence-electron chi connectivity index (χ2n) is 7.32. The topological polar surface area (TPSA) is 60.3 Å². The van der Waals surface area contributed by atoms with Gasteiger partial charge in [-0.05, 0) is 31.0 Å². The van der Waals surface area contributed by atoms with E-state index in [2.05, 4.69) is 53.2 Å². The predicted octanol–water partition coefficient (Wildman–Crippen LogP) is 3.95. The molecule has 30 heavy (non-hydrogen) atoms. The van der Waals surface area contributed by atoms with Crippen LogP contribution in [0.3, 0.4) is 0 Å². The molecule has 4 rings (SSSR count). The maximum absolute atomic E-state index is 12.7. The molecule has 0 bridgehead atoms. The van der Waals surface area contributed by atoms with E-state index in [9.17, 15) is 4.79 Å². The smallest absolute Gasteiger partial charge is 0.232 e. The molecule has 0 aliphatic carbocycles. The summed E-state index contributed by atoms with van der Waals surface area (Å²) in [5, 5.41) is 9.61. The molecule has 1 aromatic heterocycles. The van der Waals surface area contributed by atoms with Gasteiger partial charge in [0.05, 0.1) is 24.7 Å². The number of nitrogens with zero attached hydrogens (tertiary/aromatic N) is 4. The van der Waals surface area contributed by atoms with Gasteiger partial charge in [0.2, 0.25) is 5.95 Å². The van der Waals surface area contributed by atoms with E-state index in [1.165, 1.54) is 22.9 Å². The lowest BCUT2D eigenvalue weighted by molar-refractivity contribution is 0.102. The van der Waals surface area contributed by atoms with E-state index >= 15 is 0 Å². The van der Waals surface area contributed by atoms with Crippen molar-refractivity contribution in [3.8, 4) is 5.69 Å². The van der Waals surface area contributed by atoms with Gasteiger partial charge >= 0.3 is 0 Å². The second kappa shape index (κ2) is 9.45. The molecule has 0 unspecified atom stereocenters. The molecule has 6 nitrogen and oxygen atoms in total. The Morgan fingerprint density at radius 1 is 1.03 bits per heavy atom. The Bertz CT molecular complexity index is 993. The Morgan fingerprint density at radius 2 is 1.73 bits per heavy atom. The van der Waals surface area contributed by atoms with Gasteiger partial charge in [-0.2, -0.15) is 0 Å².